The zero-order valence-electron chi connectivity index (χ0n) is 14.5. The molecule has 0 saturated carbocycles. The molecule has 2 aromatic carbocycles. The molecule has 0 bridgehead atoms. The van der Waals surface area contributed by atoms with Gasteiger partial charge in [0.15, 0.2) is 5.11 Å². The number of hydrazone groups is 1. The lowest BCUT2D eigenvalue weighted by atomic mass is 10.0. The van der Waals surface area contributed by atoms with Crippen LogP contribution >= 0.6 is 23.6 Å². The van der Waals surface area contributed by atoms with E-state index in [1.54, 1.807) is 23.5 Å². The van der Waals surface area contributed by atoms with E-state index in [1.165, 1.54) is 12.1 Å². The van der Waals surface area contributed by atoms with Crippen LogP contribution in [0.15, 0.2) is 77.2 Å². The smallest absolute Gasteiger partial charge is 0.190 e. The van der Waals surface area contributed by atoms with E-state index in [4.69, 9.17) is 17.3 Å². The molecule has 0 fully saturated rings. The average Bonchev–Trinajstić information content (AvgIpc) is 3.37. The molecule has 1 aromatic heterocycles. The molecule has 27 heavy (non-hydrogen) atoms. The van der Waals surface area contributed by atoms with Gasteiger partial charge in [0, 0.05) is 13.0 Å². The van der Waals surface area contributed by atoms with Crippen LogP contribution in [0.5, 0.6) is 0 Å². The third-order valence-corrected chi connectivity index (χ3v) is 5.72. The number of nitrogens with zero attached hydrogens (tertiary/aromatic N) is 2. The van der Waals surface area contributed by atoms with Gasteiger partial charge < -0.3 is 5.32 Å². The average molecular weight is 396 g/mol. The van der Waals surface area contributed by atoms with Crippen LogP contribution in [0.25, 0.3) is 0 Å². The van der Waals surface area contributed by atoms with E-state index in [0.717, 1.165) is 28.1 Å². The van der Waals surface area contributed by atoms with Crippen molar-refractivity contribution < 1.29 is 4.39 Å². The van der Waals surface area contributed by atoms with Crippen molar-refractivity contribution in [2.75, 3.05) is 0 Å². The standard InChI is InChI=1S/C21H18FN3S2/c22-17-10-8-16(9-11-17)19-13-18(20-7-4-12-27-20)24-25(19)21(26)23-14-15-5-2-1-3-6-15/h1-12,19H,13-14H2,(H,23,26)/t19-/m0/s1. The first kappa shape index (κ1) is 17.8. The molecule has 1 atom stereocenters. The molecule has 0 radical (unpaired) electrons. The summed E-state index contributed by atoms with van der Waals surface area (Å²) >= 11 is 7.30. The zero-order valence-corrected chi connectivity index (χ0v) is 16.1. The first-order valence-electron chi connectivity index (χ1n) is 8.68. The number of thiocarbonyl (C=S) groups is 1. The van der Waals surface area contributed by atoms with Crippen molar-refractivity contribution in [3.05, 3.63) is 93.9 Å². The van der Waals surface area contributed by atoms with Crippen LogP contribution in [0.4, 0.5) is 4.39 Å². The maximum atomic E-state index is 13.4. The fourth-order valence-corrected chi connectivity index (χ4v) is 4.05. The first-order chi connectivity index (χ1) is 13.2. The summed E-state index contributed by atoms with van der Waals surface area (Å²) in [6.45, 7) is 0.635. The van der Waals surface area contributed by atoms with Gasteiger partial charge in [0.05, 0.1) is 16.6 Å². The Balaban J connectivity index is 1.56. The van der Waals surface area contributed by atoms with Gasteiger partial charge in [-0.05, 0) is 46.9 Å². The molecule has 0 aliphatic carbocycles. The highest BCUT2D eigenvalue weighted by molar-refractivity contribution is 7.80. The molecular formula is C21H18FN3S2. The fraction of sp³-hybridized carbons (Fsp3) is 0.143. The molecule has 0 amide bonds. The summed E-state index contributed by atoms with van der Waals surface area (Å²) in [5.74, 6) is -0.243. The SMILES string of the molecule is Fc1ccc([C@@H]2CC(c3cccs3)=NN2C(=S)NCc2ccccc2)cc1. The van der Waals surface area contributed by atoms with Crippen LogP contribution in [0, 0.1) is 5.82 Å². The number of hydrogen-bond donors (Lipinski definition) is 1. The molecule has 1 N–H and O–H groups in total. The number of halogens is 1. The number of benzene rings is 2. The van der Waals surface area contributed by atoms with Crippen LogP contribution in [0.2, 0.25) is 0 Å². The Morgan fingerprint density at radius 1 is 1.11 bits per heavy atom. The van der Waals surface area contributed by atoms with Gasteiger partial charge in [-0.1, -0.05) is 48.5 Å². The zero-order chi connectivity index (χ0) is 18.6. The van der Waals surface area contributed by atoms with Gasteiger partial charge in [0.25, 0.3) is 0 Å². The Morgan fingerprint density at radius 3 is 2.59 bits per heavy atom. The topological polar surface area (TPSA) is 27.6 Å². The molecule has 3 aromatic rings. The summed E-state index contributed by atoms with van der Waals surface area (Å²) in [6, 6.07) is 20.7. The molecule has 1 aliphatic rings. The fourth-order valence-electron chi connectivity index (χ4n) is 3.09. The molecule has 0 saturated heterocycles. The molecule has 4 rings (SSSR count). The van der Waals surface area contributed by atoms with Crippen molar-refractivity contribution in [1.82, 2.24) is 10.3 Å². The van der Waals surface area contributed by atoms with Crippen molar-refractivity contribution in [1.29, 1.82) is 0 Å². The van der Waals surface area contributed by atoms with E-state index in [9.17, 15) is 4.39 Å². The summed E-state index contributed by atoms with van der Waals surface area (Å²) < 4.78 is 13.4. The highest BCUT2D eigenvalue weighted by Gasteiger charge is 2.31. The van der Waals surface area contributed by atoms with E-state index in [1.807, 2.05) is 34.7 Å². The van der Waals surface area contributed by atoms with Crippen LogP contribution in [0.1, 0.15) is 28.5 Å². The van der Waals surface area contributed by atoms with Crippen molar-refractivity contribution in [3.63, 3.8) is 0 Å². The Hall–Kier alpha value is -2.57. The van der Waals surface area contributed by atoms with E-state index in [-0.39, 0.29) is 11.9 Å². The predicted octanol–water partition coefficient (Wildman–Crippen LogP) is 5.11. The lowest BCUT2D eigenvalue weighted by Gasteiger charge is -2.25. The molecule has 0 unspecified atom stereocenters. The summed E-state index contributed by atoms with van der Waals surface area (Å²) in [6.07, 6.45) is 0.735. The highest BCUT2D eigenvalue weighted by atomic mass is 32.1. The van der Waals surface area contributed by atoms with E-state index in [2.05, 4.69) is 23.5 Å². The molecular weight excluding hydrogens is 377 g/mol. The van der Waals surface area contributed by atoms with E-state index < -0.39 is 0 Å². The minimum atomic E-state index is -0.243. The van der Waals surface area contributed by atoms with Gasteiger partial charge >= 0.3 is 0 Å². The highest BCUT2D eigenvalue weighted by Crippen LogP contribution is 2.33. The lowest BCUT2D eigenvalue weighted by Crippen LogP contribution is -2.36. The van der Waals surface area contributed by atoms with E-state index in [0.29, 0.717) is 11.7 Å². The molecule has 1 aliphatic heterocycles. The first-order valence-corrected chi connectivity index (χ1v) is 9.97. The second-order valence-corrected chi connectivity index (χ2v) is 7.62. The Bertz CT molecular complexity index is 937. The summed E-state index contributed by atoms with van der Waals surface area (Å²) in [4.78, 5) is 1.13. The normalized spacial score (nSPS) is 16.3. The van der Waals surface area contributed by atoms with Gasteiger partial charge in [-0.2, -0.15) is 5.10 Å². The van der Waals surface area contributed by atoms with Crippen LogP contribution in [0.3, 0.4) is 0 Å². The van der Waals surface area contributed by atoms with Crippen molar-refractivity contribution in [2.45, 2.75) is 19.0 Å². The quantitative estimate of drug-likeness (QED) is 0.622. The maximum absolute atomic E-state index is 13.4. The minimum absolute atomic E-state index is 0.0431. The molecule has 3 nitrogen and oxygen atoms in total. The van der Waals surface area contributed by atoms with Gasteiger partial charge in [-0.15, -0.1) is 11.3 Å². The van der Waals surface area contributed by atoms with Gasteiger partial charge in [0.2, 0.25) is 0 Å². The molecule has 0 spiro atoms. The second kappa shape index (κ2) is 7.98. The summed E-state index contributed by atoms with van der Waals surface area (Å²) in [7, 11) is 0. The third-order valence-electron chi connectivity index (χ3n) is 4.47. The van der Waals surface area contributed by atoms with Crippen LogP contribution in [-0.2, 0) is 6.54 Å². The van der Waals surface area contributed by atoms with Crippen LogP contribution < -0.4 is 5.32 Å². The summed E-state index contributed by atoms with van der Waals surface area (Å²) in [5, 5.41) is 12.5. The van der Waals surface area contributed by atoms with Gasteiger partial charge in [-0.25, -0.2) is 9.40 Å². The van der Waals surface area contributed by atoms with Crippen molar-refractivity contribution >= 4 is 34.4 Å². The number of hydrogen-bond acceptors (Lipinski definition) is 3. The molecule has 136 valence electrons. The third kappa shape index (κ3) is 4.07. The van der Waals surface area contributed by atoms with Crippen molar-refractivity contribution in [2.24, 2.45) is 5.10 Å². The Labute approximate surface area is 167 Å². The number of rotatable bonds is 4. The number of thiophene rings is 1. The monoisotopic (exact) mass is 395 g/mol. The number of nitrogens with one attached hydrogen (secondary N) is 1. The van der Waals surface area contributed by atoms with Gasteiger partial charge in [-0.3, -0.25) is 0 Å². The second-order valence-electron chi connectivity index (χ2n) is 6.28. The maximum Gasteiger partial charge on any atom is 0.190 e. The van der Waals surface area contributed by atoms with E-state index >= 15 is 0 Å². The minimum Gasteiger partial charge on any atom is -0.357 e. The molecule has 6 heteroatoms. The van der Waals surface area contributed by atoms with Gasteiger partial charge in [0.1, 0.15) is 5.82 Å². The largest absolute Gasteiger partial charge is 0.357 e. The van der Waals surface area contributed by atoms with Crippen molar-refractivity contribution in [3.8, 4) is 0 Å². The predicted molar refractivity (Wildman–Crippen MR) is 112 cm³/mol. The Kier molecular flexibility index (Phi) is 5.27. The lowest BCUT2D eigenvalue weighted by molar-refractivity contribution is 0.363. The molecule has 2 heterocycles. The summed E-state index contributed by atoms with van der Waals surface area (Å²) in [5.41, 5.74) is 3.15. The Morgan fingerprint density at radius 2 is 1.89 bits per heavy atom. The van der Waals surface area contributed by atoms with Crippen LogP contribution in [-0.4, -0.2) is 15.8 Å².